The van der Waals surface area contributed by atoms with Crippen LogP contribution in [0.4, 0.5) is 0 Å². The van der Waals surface area contributed by atoms with Gasteiger partial charge >= 0.3 is 0 Å². The Bertz CT molecular complexity index is 394. The molecular weight excluding hydrogens is 279 g/mol. The van der Waals surface area contributed by atoms with Gasteiger partial charge in [0.15, 0.2) is 0 Å². The summed E-state index contributed by atoms with van der Waals surface area (Å²) in [4.78, 5) is 2.57. The number of rotatable bonds is 4. The Morgan fingerprint density at radius 1 is 1.37 bits per heavy atom. The van der Waals surface area contributed by atoms with Crippen molar-refractivity contribution in [3.8, 4) is 0 Å². The molecule has 1 aliphatic rings. The van der Waals surface area contributed by atoms with Crippen molar-refractivity contribution in [3.05, 3.63) is 34.9 Å². The minimum absolute atomic E-state index is 0. The van der Waals surface area contributed by atoms with Crippen LogP contribution in [0.2, 0.25) is 5.02 Å². The number of likely N-dealkylation sites (tertiary alicyclic amines) is 1. The first-order valence-corrected chi connectivity index (χ1v) is 7.15. The summed E-state index contributed by atoms with van der Waals surface area (Å²) in [6.45, 7) is 7.57. The molecule has 2 nitrogen and oxygen atoms in total. The highest BCUT2D eigenvalue weighted by Gasteiger charge is 2.35. The van der Waals surface area contributed by atoms with Crippen molar-refractivity contribution in [1.82, 2.24) is 4.90 Å². The van der Waals surface area contributed by atoms with Crippen LogP contribution in [0, 0.1) is 5.41 Å². The fourth-order valence-electron chi connectivity index (χ4n) is 2.88. The summed E-state index contributed by atoms with van der Waals surface area (Å²) in [6, 6.07) is 8.76. The van der Waals surface area contributed by atoms with E-state index < -0.39 is 0 Å². The molecule has 2 rings (SSSR count). The van der Waals surface area contributed by atoms with Gasteiger partial charge in [0, 0.05) is 17.6 Å². The van der Waals surface area contributed by atoms with Gasteiger partial charge in [-0.15, -0.1) is 12.4 Å². The van der Waals surface area contributed by atoms with Crippen molar-refractivity contribution in [1.29, 1.82) is 0 Å². The van der Waals surface area contributed by atoms with Crippen LogP contribution in [0.15, 0.2) is 24.3 Å². The zero-order valence-corrected chi connectivity index (χ0v) is 13.3. The van der Waals surface area contributed by atoms with Gasteiger partial charge in [0.05, 0.1) is 0 Å². The van der Waals surface area contributed by atoms with Crippen LogP contribution >= 0.6 is 24.0 Å². The lowest BCUT2D eigenvalue weighted by atomic mass is 9.90. The molecule has 19 heavy (non-hydrogen) atoms. The molecule has 0 saturated carbocycles. The largest absolute Gasteiger partial charge is 0.330 e. The highest BCUT2D eigenvalue weighted by atomic mass is 35.5. The molecule has 0 aliphatic carbocycles. The number of hydrogen-bond donors (Lipinski definition) is 1. The first-order valence-electron chi connectivity index (χ1n) is 6.77. The maximum Gasteiger partial charge on any atom is 0.0406 e. The monoisotopic (exact) mass is 302 g/mol. The second-order valence-corrected chi connectivity index (χ2v) is 6.15. The number of benzene rings is 1. The smallest absolute Gasteiger partial charge is 0.0406 e. The number of hydrogen-bond acceptors (Lipinski definition) is 2. The molecule has 0 bridgehead atoms. The molecule has 1 aromatic carbocycles. The van der Waals surface area contributed by atoms with Crippen molar-refractivity contribution < 1.29 is 0 Å². The topological polar surface area (TPSA) is 29.3 Å². The van der Waals surface area contributed by atoms with Gasteiger partial charge in [-0.25, -0.2) is 0 Å². The van der Waals surface area contributed by atoms with E-state index in [4.69, 9.17) is 17.3 Å². The summed E-state index contributed by atoms with van der Waals surface area (Å²) in [7, 11) is 0. The molecule has 2 unspecified atom stereocenters. The second-order valence-electron chi connectivity index (χ2n) is 5.71. The van der Waals surface area contributed by atoms with Crippen LogP contribution < -0.4 is 5.73 Å². The van der Waals surface area contributed by atoms with Gasteiger partial charge in [-0.3, -0.25) is 4.90 Å². The molecular formula is C15H24Cl2N2. The quantitative estimate of drug-likeness (QED) is 0.914. The van der Waals surface area contributed by atoms with Gasteiger partial charge in [0.2, 0.25) is 0 Å². The summed E-state index contributed by atoms with van der Waals surface area (Å²) in [5.74, 6) is 0. The average Bonchev–Trinajstić information content (AvgIpc) is 2.76. The minimum atomic E-state index is 0. The molecule has 0 spiro atoms. The van der Waals surface area contributed by atoms with Gasteiger partial charge in [-0.05, 0) is 49.0 Å². The summed E-state index contributed by atoms with van der Waals surface area (Å²) < 4.78 is 0. The standard InChI is InChI=1S/C15H23ClN2.ClH/c1-3-14(12-4-6-13(16)7-5-12)18-9-8-15(2,10-17)11-18;/h4-7,14H,3,8-11,17H2,1-2H3;1H. The summed E-state index contributed by atoms with van der Waals surface area (Å²) >= 11 is 5.96. The Balaban J connectivity index is 0.00000180. The van der Waals surface area contributed by atoms with E-state index in [1.165, 1.54) is 12.0 Å². The van der Waals surface area contributed by atoms with Crippen molar-refractivity contribution >= 4 is 24.0 Å². The molecule has 1 fully saturated rings. The predicted octanol–water partition coefficient (Wildman–Crippen LogP) is 3.88. The lowest BCUT2D eigenvalue weighted by Gasteiger charge is -2.29. The molecule has 1 saturated heterocycles. The first kappa shape index (κ1) is 16.8. The molecule has 1 heterocycles. The van der Waals surface area contributed by atoms with Gasteiger partial charge in [0.1, 0.15) is 0 Å². The molecule has 108 valence electrons. The van der Waals surface area contributed by atoms with Gasteiger partial charge < -0.3 is 5.73 Å². The fourth-order valence-corrected chi connectivity index (χ4v) is 3.01. The second kappa shape index (κ2) is 6.94. The Morgan fingerprint density at radius 2 is 2.00 bits per heavy atom. The normalized spacial score (nSPS) is 25.1. The van der Waals surface area contributed by atoms with Crippen LogP contribution in [0.1, 0.15) is 38.3 Å². The van der Waals surface area contributed by atoms with E-state index in [1.807, 2.05) is 12.1 Å². The SMILES string of the molecule is CCC(c1ccc(Cl)cc1)N1CCC(C)(CN)C1.Cl. The van der Waals surface area contributed by atoms with E-state index in [0.717, 1.165) is 31.1 Å². The van der Waals surface area contributed by atoms with Crippen LogP contribution in [0.5, 0.6) is 0 Å². The van der Waals surface area contributed by atoms with Gasteiger partial charge in [0.25, 0.3) is 0 Å². The van der Waals surface area contributed by atoms with Crippen molar-refractivity contribution in [3.63, 3.8) is 0 Å². The summed E-state index contributed by atoms with van der Waals surface area (Å²) in [5.41, 5.74) is 7.54. The Morgan fingerprint density at radius 3 is 2.47 bits per heavy atom. The van der Waals surface area contributed by atoms with E-state index in [0.29, 0.717) is 11.5 Å². The van der Waals surface area contributed by atoms with Gasteiger partial charge in [-0.1, -0.05) is 37.6 Å². The fraction of sp³-hybridized carbons (Fsp3) is 0.600. The lowest BCUT2D eigenvalue weighted by Crippen LogP contribution is -2.33. The zero-order valence-electron chi connectivity index (χ0n) is 11.7. The highest BCUT2D eigenvalue weighted by Crippen LogP contribution is 2.36. The highest BCUT2D eigenvalue weighted by molar-refractivity contribution is 6.30. The summed E-state index contributed by atoms with van der Waals surface area (Å²) in [5, 5.41) is 0.807. The zero-order chi connectivity index (χ0) is 13.2. The Labute approximate surface area is 127 Å². The Hall–Kier alpha value is -0.280. The molecule has 2 atom stereocenters. The van der Waals surface area contributed by atoms with Crippen molar-refractivity contribution in [2.24, 2.45) is 11.1 Å². The summed E-state index contributed by atoms with van der Waals surface area (Å²) in [6.07, 6.45) is 2.33. The van der Waals surface area contributed by atoms with E-state index in [2.05, 4.69) is 30.9 Å². The first-order chi connectivity index (χ1) is 8.58. The number of nitrogens with zero attached hydrogens (tertiary/aromatic N) is 1. The van der Waals surface area contributed by atoms with E-state index in [9.17, 15) is 0 Å². The van der Waals surface area contributed by atoms with Crippen LogP contribution in [-0.4, -0.2) is 24.5 Å². The maximum atomic E-state index is 5.96. The van der Waals surface area contributed by atoms with Crippen LogP contribution in [-0.2, 0) is 0 Å². The molecule has 0 radical (unpaired) electrons. The maximum absolute atomic E-state index is 5.96. The van der Waals surface area contributed by atoms with Gasteiger partial charge in [-0.2, -0.15) is 0 Å². The molecule has 1 aromatic rings. The average molecular weight is 303 g/mol. The molecule has 1 aliphatic heterocycles. The van der Waals surface area contributed by atoms with Crippen LogP contribution in [0.25, 0.3) is 0 Å². The predicted molar refractivity (Wildman–Crippen MR) is 85.1 cm³/mol. The Kier molecular flexibility index (Phi) is 6.13. The number of nitrogens with two attached hydrogens (primary N) is 1. The van der Waals surface area contributed by atoms with Crippen molar-refractivity contribution in [2.75, 3.05) is 19.6 Å². The number of halogens is 2. The van der Waals surface area contributed by atoms with E-state index in [-0.39, 0.29) is 12.4 Å². The molecule has 2 N–H and O–H groups in total. The van der Waals surface area contributed by atoms with Crippen LogP contribution in [0.3, 0.4) is 0 Å². The molecule has 0 aromatic heterocycles. The van der Waals surface area contributed by atoms with E-state index >= 15 is 0 Å². The molecule has 4 heteroatoms. The third-order valence-corrected chi connectivity index (χ3v) is 4.41. The molecule has 0 amide bonds. The lowest BCUT2D eigenvalue weighted by molar-refractivity contribution is 0.209. The third-order valence-electron chi connectivity index (χ3n) is 4.16. The third kappa shape index (κ3) is 3.85. The van der Waals surface area contributed by atoms with Crippen molar-refractivity contribution in [2.45, 2.75) is 32.7 Å². The van der Waals surface area contributed by atoms with E-state index in [1.54, 1.807) is 0 Å². The minimum Gasteiger partial charge on any atom is -0.330 e.